The quantitative estimate of drug-likeness (QED) is 0.827. The van der Waals surface area contributed by atoms with E-state index in [2.05, 4.69) is 21.2 Å². The van der Waals surface area contributed by atoms with E-state index >= 15 is 0 Å². The fourth-order valence-corrected chi connectivity index (χ4v) is 2.65. The van der Waals surface area contributed by atoms with Crippen LogP contribution in [0.1, 0.15) is 17.9 Å². The predicted octanol–water partition coefficient (Wildman–Crippen LogP) is 2.89. The topological polar surface area (TPSA) is 32.3 Å². The van der Waals surface area contributed by atoms with Gasteiger partial charge in [-0.2, -0.15) is 0 Å². The van der Waals surface area contributed by atoms with Crippen LogP contribution in [-0.4, -0.2) is 18.2 Å². The molecule has 2 N–H and O–H groups in total. The average molecular weight is 277 g/mol. The van der Waals surface area contributed by atoms with Crippen molar-refractivity contribution in [1.82, 2.24) is 5.32 Å². The predicted molar refractivity (Wildman–Crippen MR) is 61.0 cm³/mol. The lowest BCUT2D eigenvalue weighted by atomic mass is 9.97. The van der Waals surface area contributed by atoms with Crippen LogP contribution in [0.3, 0.4) is 0 Å². The lowest BCUT2D eigenvalue weighted by Crippen LogP contribution is -2.08. The van der Waals surface area contributed by atoms with E-state index in [0.29, 0.717) is 21.2 Å². The third kappa shape index (κ3) is 1.90. The molecule has 14 heavy (non-hydrogen) atoms. The molecule has 1 heterocycles. The van der Waals surface area contributed by atoms with Gasteiger partial charge in [-0.3, -0.25) is 0 Å². The molecule has 0 amide bonds. The van der Waals surface area contributed by atoms with Crippen LogP contribution in [0.25, 0.3) is 0 Å². The number of aromatic hydroxyl groups is 1. The van der Waals surface area contributed by atoms with E-state index in [1.54, 1.807) is 6.07 Å². The first-order valence-corrected chi connectivity index (χ1v) is 5.74. The first-order valence-electron chi connectivity index (χ1n) is 4.57. The van der Waals surface area contributed by atoms with E-state index in [9.17, 15) is 5.11 Å². The molecule has 1 aliphatic heterocycles. The van der Waals surface area contributed by atoms with Gasteiger partial charge in [-0.15, -0.1) is 0 Å². The smallest absolute Gasteiger partial charge is 0.133 e. The minimum absolute atomic E-state index is 0.322. The molecule has 0 spiro atoms. The fourth-order valence-electron chi connectivity index (χ4n) is 1.82. The second kappa shape index (κ2) is 4.09. The molecular formula is C10H11BrClNO. The van der Waals surface area contributed by atoms with Crippen LogP contribution in [0.4, 0.5) is 0 Å². The fraction of sp³-hybridized carbons (Fsp3) is 0.400. The molecular weight excluding hydrogens is 265 g/mol. The summed E-state index contributed by atoms with van der Waals surface area (Å²) in [6.07, 6.45) is 1.06. The monoisotopic (exact) mass is 275 g/mol. The van der Waals surface area contributed by atoms with Crippen molar-refractivity contribution >= 4 is 27.5 Å². The highest BCUT2D eigenvalue weighted by Crippen LogP contribution is 2.37. The molecule has 4 heteroatoms. The van der Waals surface area contributed by atoms with Crippen molar-refractivity contribution in [3.8, 4) is 5.75 Å². The Hall–Kier alpha value is -0.250. The maximum Gasteiger partial charge on any atom is 0.133 e. The second-order valence-corrected chi connectivity index (χ2v) is 4.81. The normalized spacial score (nSPS) is 21.4. The van der Waals surface area contributed by atoms with Gasteiger partial charge in [-0.25, -0.2) is 0 Å². The summed E-state index contributed by atoms with van der Waals surface area (Å²) in [7, 11) is 0. The van der Waals surface area contributed by atoms with Gasteiger partial charge < -0.3 is 10.4 Å². The van der Waals surface area contributed by atoms with E-state index in [1.165, 1.54) is 0 Å². The highest BCUT2D eigenvalue weighted by molar-refractivity contribution is 9.10. The minimum Gasteiger partial charge on any atom is -0.506 e. The Bertz CT molecular complexity index is 350. The molecule has 0 radical (unpaired) electrons. The zero-order valence-corrected chi connectivity index (χ0v) is 9.90. The summed E-state index contributed by atoms with van der Waals surface area (Å²) >= 11 is 9.23. The Morgan fingerprint density at radius 3 is 2.93 bits per heavy atom. The SMILES string of the molecule is Oc1c(Br)cc(Cl)cc1C1CCNC1. The van der Waals surface area contributed by atoms with Crippen molar-refractivity contribution in [3.63, 3.8) is 0 Å². The molecule has 0 saturated carbocycles. The molecule has 2 nitrogen and oxygen atoms in total. The molecule has 1 unspecified atom stereocenters. The Morgan fingerprint density at radius 2 is 2.29 bits per heavy atom. The summed E-state index contributed by atoms with van der Waals surface area (Å²) in [5.74, 6) is 0.702. The van der Waals surface area contributed by atoms with Crippen LogP contribution in [0.2, 0.25) is 5.02 Å². The van der Waals surface area contributed by atoms with E-state index < -0.39 is 0 Å². The molecule has 0 aromatic heterocycles. The Labute approximate surface area is 96.4 Å². The number of hydrogen-bond acceptors (Lipinski definition) is 2. The molecule has 2 rings (SSSR count). The summed E-state index contributed by atoms with van der Waals surface area (Å²) in [4.78, 5) is 0. The lowest BCUT2D eigenvalue weighted by Gasteiger charge is -2.12. The zero-order valence-electron chi connectivity index (χ0n) is 7.56. The first kappa shape index (κ1) is 10.3. The van der Waals surface area contributed by atoms with E-state index in [-0.39, 0.29) is 0 Å². The van der Waals surface area contributed by atoms with Crippen molar-refractivity contribution in [2.45, 2.75) is 12.3 Å². The van der Waals surface area contributed by atoms with Gasteiger partial charge in [-0.1, -0.05) is 11.6 Å². The number of rotatable bonds is 1. The van der Waals surface area contributed by atoms with Crippen molar-refractivity contribution < 1.29 is 5.11 Å². The molecule has 1 aromatic rings. The van der Waals surface area contributed by atoms with Crippen molar-refractivity contribution in [2.24, 2.45) is 0 Å². The second-order valence-electron chi connectivity index (χ2n) is 3.52. The molecule has 1 fully saturated rings. The average Bonchev–Trinajstić information content (AvgIpc) is 2.63. The zero-order chi connectivity index (χ0) is 10.1. The highest BCUT2D eigenvalue weighted by atomic mass is 79.9. The van der Waals surface area contributed by atoms with Gasteiger partial charge in [0.15, 0.2) is 0 Å². The standard InChI is InChI=1S/C10H11BrClNO/c11-9-4-7(12)3-8(10(9)14)6-1-2-13-5-6/h3-4,6,13-14H,1-2,5H2. The minimum atomic E-state index is 0.322. The van der Waals surface area contributed by atoms with Gasteiger partial charge in [0.25, 0.3) is 0 Å². The van der Waals surface area contributed by atoms with Gasteiger partial charge in [0.05, 0.1) is 4.47 Å². The summed E-state index contributed by atoms with van der Waals surface area (Å²) < 4.78 is 0.673. The van der Waals surface area contributed by atoms with Gasteiger partial charge >= 0.3 is 0 Å². The maximum atomic E-state index is 9.85. The first-order chi connectivity index (χ1) is 6.68. The Kier molecular flexibility index (Phi) is 3.00. The van der Waals surface area contributed by atoms with Crippen molar-refractivity contribution in [3.05, 3.63) is 27.2 Å². The number of phenols is 1. The van der Waals surface area contributed by atoms with Crippen LogP contribution in [0, 0.1) is 0 Å². The van der Waals surface area contributed by atoms with Crippen LogP contribution < -0.4 is 5.32 Å². The van der Waals surface area contributed by atoms with Gasteiger partial charge in [0, 0.05) is 23.0 Å². The molecule has 1 atom stereocenters. The molecule has 1 saturated heterocycles. The summed E-state index contributed by atoms with van der Waals surface area (Å²) in [5.41, 5.74) is 0.939. The van der Waals surface area contributed by atoms with Crippen LogP contribution in [0.5, 0.6) is 5.75 Å². The molecule has 1 aliphatic rings. The third-order valence-electron chi connectivity index (χ3n) is 2.56. The third-order valence-corrected chi connectivity index (χ3v) is 3.38. The van der Waals surface area contributed by atoms with Gasteiger partial charge in [0.2, 0.25) is 0 Å². The summed E-state index contributed by atoms with van der Waals surface area (Å²) in [5, 5.41) is 13.8. The van der Waals surface area contributed by atoms with Crippen LogP contribution >= 0.6 is 27.5 Å². The molecule has 0 aliphatic carbocycles. The van der Waals surface area contributed by atoms with Gasteiger partial charge in [-0.05, 0) is 41.0 Å². The lowest BCUT2D eigenvalue weighted by molar-refractivity contribution is 0.459. The maximum absolute atomic E-state index is 9.85. The highest BCUT2D eigenvalue weighted by Gasteiger charge is 2.21. The van der Waals surface area contributed by atoms with Crippen molar-refractivity contribution in [1.29, 1.82) is 0 Å². The largest absolute Gasteiger partial charge is 0.506 e. The Balaban J connectivity index is 2.40. The number of phenolic OH excluding ortho intramolecular Hbond substituents is 1. The Morgan fingerprint density at radius 1 is 1.50 bits per heavy atom. The summed E-state index contributed by atoms with van der Waals surface area (Å²) in [6.45, 7) is 1.93. The van der Waals surface area contributed by atoms with Crippen LogP contribution in [0.15, 0.2) is 16.6 Å². The van der Waals surface area contributed by atoms with E-state index in [4.69, 9.17) is 11.6 Å². The number of nitrogens with one attached hydrogen (secondary N) is 1. The van der Waals surface area contributed by atoms with E-state index in [0.717, 1.165) is 25.1 Å². The number of hydrogen-bond donors (Lipinski definition) is 2. The van der Waals surface area contributed by atoms with Gasteiger partial charge in [0.1, 0.15) is 5.75 Å². The van der Waals surface area contributed by atoms with E-state index in [1.807, 2.05) is 6.07 Å². The summed E-state index contributed by atoms with van der Waals surface area (Å²) in [6, 6.07) is 3.56. The van der Waals surface area contributed by atoms with Crippen molar-refractivity contribution in [2.75, 3.05) is 13.1 Å². The number of benzene rings is 1. The molecule has 1 aromatic carbocycles. The molecule has 0 bridgehead atoms. The number of halogens is 2. The molecule has 76 valence electrons. The van der Waals surface area contributed by atoms with Crippen LogP contribution in [-0.2, 0) is 0 Å².